The number of pyridine rings is 2. The van der Waals surface area contributed by atoms with Crippen molar-refractivity contribution in [2.75, 3.05) is 5.32 Å². The molecule has 0 fully saturated rings. The maximum Gasteiger partial charge on any atom is 0.332 e. The van der Waals surface area contributed by atoms with Crippen LogP contribution in [0.1, 0.15) is 16.8 Å². The van der Waals surface area contributed by atoms with E-state index in [9.17, 15) is 14.4 Å². The van der Waals surface area contributed by atoms with Crippen LogP contribution in [-0.2, 0) is 17.9 Å². The molecule has 156 valence electrons. The summed E-state index contributed by atoms with van der Waals surface area (Å²) in [7, 11) is 0. The normalized spacial score (nSPS) is 10.9. The highest BCUT2D eigenvalue weighted by molar-refractivity contribution is 5.91. The van der Waals surface area contributed by atoms with Crippen molar-refractivity contribution < 1.29 is 4.79 Å². The van der Waals surface area contributed by atoms with E-state index in [-0.39, 0.29) is 24.5 Å². The number of nitrogens with zero attached hydrogens (tertiary/aromatic N) is 4. The van der Waals surface area contributed by atoms with Gasteiger partial charge in [-0.1, -0.05) is 12.1 Å². The van der Waals surface area contributed by atoms with E-state index >= 15 is 0 Å². The third-order valence-electron chi connectivity index (χ3n) is 4.84. The van der Waals surface area contributed by atoms with Crippen molar-refractivity contribution in [3.63, 3.8) is 0 Å². The van der Waals surface area contributed by atoms with E-state index in [4.69, 9.17) is 0 Å². The number of rotatable bonds is 5. The lowest BCUT2D eigenvalue weighted by Crippen LogP contribution is -2.42. The molecule has 3 aromatic heterocycles. The second-order valence-electron chi connectivity index (χ2n) is 7.38. The molecule has 0 unspecified atom stereocenters. The third-order valence-corrected chi connectivity index (χ3v) is 4.84. The fraction of sp³-hybridized carbons (Fsp3) is 0.174. The molecule has 4 rings (SSSR count). The molecule has 0 atom stereocenters. The van der Waals surface area contributed by atoms with Gasteiger partial charge < -0.3 is 5.32 Å². The molecule has 0 spiro atoms. The van der Waals surface area contributed by atoms with Gasteiger partial charge in [0.05, 0.1) is 17.8 Å². The van der Waals surface area contributed by atoms with Crippen molar-refractivity contribution >= 4 is 22.6 Å². The zero-order valence-electron chi connectivity index (χ0n) is 17.2. The van der Waals surface area contributed by atoms with Gasteiger partial charge in [-0.25, -0.2) is 9.78 Å². The van der Waals surface area contributed by atoms with Gasteiger partial charge in [-0.2, -0.15) is 0 Å². The van der Waals surface area contributed by atoms with E-state index in [1.165, 1.54) is 10.8 Å². The number of amides is 1. The van der Waals surface area contributed by atoms with E-state index in [0.29, 0.717) is 16.9 Å². The molecule has 3 heterocycles. The summed E-state index contributed by atoms with van der Waals surface area (Å²) in [6.45, 7) is 3.62. The summed E-state index contributed by atoms with van der Waals surface area (Å²) in [5.41, 5.74) is 2.58. The number of aryl methyl sites for hydroxylation is 2. The van der Waals surface area contributed by atoms with Crippen LogP contribution < -0.4 is 16.6 Å². The van der Waals surface area contributed by atoms with Gasteiger partial charge in [0.15, 0.2) is 5.52 Å². The molecule has 0 radical (unpaired) electrons. The predicted octanol–water partition coefficient (Wildman–Crippen LogP) is 2.26. The Bertz CT molecular complexity index is 1370. The summed E-state index contributed by atoms with van der Waals surface area (Å²) < 4.78 is 2.33. The van der Waals surface area contributed by atoms with Crippen LogP contribution in [0, 0.1) is 13.8 Å². The largest absolute Gasteiger partial charge is 0.332 e. The summed E-state index contributed by atoms with van der Waals surface area (Å²) in [4.78, 5) is 47.2. The first-order valence-electron chi connectivity index (χ1n) is 9.79. The fourth-order valence-electron chi connectivity index (χ4n) is 3.58. The van der Waals surface area contributed by atoms with E-state index in [2.05, 4.69) is 15.3 Å². The highest BCUT2D eigenvalue weighted by Crippen LogP contribution is 2.14. The zero-order valence-corrected chi connectivity index (χ0v) is 17.2. The van der Waals surface area contributed by atoms with Crippen LogP contribution in [-0.4, -0.2) is 25.0 Å². The Morgan fingerprint density at radius 1 is 0.935 bits per heavy atom. The van der Waals surface area contributed by atoms with Crippen molar-refractivity contribution in [2.45, 2.75) is 26.9 Å². The summed E-state index contributed by atoms with van der Waals surface area (Å²) in [6, 6.07) is 14.2. The predicted molar refractivity (Wildman–Crippen MR) is 118 cm³/mol. The number of anilines is 1. The summed E-state index contributed by atoms with van der Waals surface area (Å²) in [5.74, 6) is -0.375. The second-order valence-corrected chi connectivity index (χ2v) is 7.38. The van der Waals surface area contributed by atoms with Crippen LogP contribution >= 0.6 is 0 Å². The fourth-order valence-corrected chi connectivity index (χ4v) is 3.58. The molecular formula is C23H21N5O3. The van der Waals surface area contributed by atoms with E-state index in [0.717, 1.165) is 15.7 Å². The Morgan fingerprint density at radius 3 is 2.39 bits per heavy atom. The summed E-state index contributed by atoms with van der Waals surface area (Å²) in [6.07, 6.45) is 3.08. The summed E-state index contributed by atoms with van der Waals surface area (Å²) >= 11 is 0. The van der Waals surface area contributed by atoms with Crippen LogP contribution in [0.25, 0.3) is 11.0 Å². The molecule has 8 heteroatoms. The number of fused-ring (bicyclic) bond motifs is 1. The molecule has 1 amide bonds. The Kier molecular flexibility index (Phi) is 5.44. The Labute approximate surface area is 177 Å². The first-order valence-corrected chi connectivity index (χ1v) is 9.79. The van der Waals surface area contributed by atoms with Crippen LogP contribution in [0.15, 0.2) is 70.5 Å². The minimum absolute atomic E-state index is 0.0102. The topological polar surface area (TPSA) is 98.9 Å². The molecule has 31 heavy (non-hydrogen) atoms. The van der Waals surface area contributed by atoms with Gasteiger partial charge in [0.25, 0.3) is 5.56 Å². The molecule has 0 aliphatic carbocycles. The van der Waals surface area contributed by atoms with Crippen molar-refractivity contribution in [1.29, 1.82) is 0 Å². The van der Waals surface area contributed by atoms with Crippen LogP contribution in [0.5, 0.6) is 0 Å². The van der Waals surface area contributed by atoms with Crippen molar-refractivity contribution in [3.8, 4) is 0 Å². The van der Waals surface area contributed by atoms with Gasteiger partial charge in [-0.3, -0.25) is 23.7 Å². The second kappa shape index (κ2) is 8.35. The average Bonchev–Trinajstić information content (AvgIpc) is 2.74. The Hall–Kier alpha value is -4.07. The summed E-state index contributed by atoms with van der Waals surface area (Å²) in [5, 5.41) is 2.83. The van der Waals surface area contributed by atoms with Crippen molar-refractivity contribution in [2.24, 2.45) is 0 Å². The Morgan fingerprint density at radius 2 is 1.68 bits per heavy atom. The van der Waals surface area contributed by atoms with E-state index in [1.54, 1.807) is 36.5 Å². The van der Waals surface area contributed by atoms with Crippen molar-refractivity contribution in [1.82, 2.24) is 19.1 Å². The molecule has 4 aromatic rings. The van der Waals surface area contributed by atoms with Gasteiger partial charge in [0, 0.05) is 18.1 Å². The standard InChI is InChI=1S/C23H21N5O3/c1-15-10-16(2)12-18(11-15)26-20(29)14-27-19-7-5-9-25-21(19)22(30)28(23(27)31)13-17-6-3-4-8-24-17/h3-12H,13-14H2,1-2H3,(H,26,29). The van der Waals surface area contributed by atoms with E-state index in [1.807, 2.05) is 32.0 Å². The first kappa shape index (κ1) is 20.2. The molecule has 1 N–H and O–H groups in total. The number of nitrogens with one attached hydrogen (secondary N) is 1. The molecule has 0 saturated carbocycles. The van der Waals surface area contributed by atoms with Gasteiger partial charge in [0.2, 0.25) is 5.91 Å². The lowest BCUT2D eigenvalue weighted by molar-refractivity contribution is -0.116. The van der Waals surface area contributed by atoms with Gasteiger partial charge in [0.1, 0.15) is 6.54 Å². The highest BCUT2D eigenvalue weighted by Gasteiger charge is 2.17. The lowest BCUT2D eigenvalue weighted by atomic mass is 10.1. The lowest BCUT2D eigenvalue weighted by Gasteiger charge is -2.14. The number of aromatic nitrogens is 4. The number of hydrogen-bond acceptors (Lipinski definition) is 5. The van der Waals surface area contributed by atoms with Gasteiger partial charge in [-0.05, 0) is 61.4 Å². The minimum atomic E-state index is -0.591. The number of benzene rings is 1. The molecular weight excluding hydrogens is 394 g/mol. The van der Waals surface area contributed by atoms with Crippen LogP contribution in [0.2, 0.25) is 0 Å². The SMILES string of the molecule is Cc1cc(C)cc(NC(=O)Cn2c(=O)n(Cc3ccccn3)c(=O)c3ncccc32)c1. The number of carbonyl (C=O) groups is 1. The van der Waals surface area contributed by atoms with E-state index < -0.39 is 11.2 Å². The molecule has 0 aliphatic rings. The number of hydrogen-bond donors (Lipinski definition) is 1. The van der Waals surface area contributed by atoms with Crippen LogP contribution in [0.3, 0.4) is 0 Å². The smallest absolute Gasteiger partial charge is 0.325 e. The van der Waals surface area contributed by atoms with Crippen molar-refractivity contribution in [3.05, 3.63) is 98.6 Å². The monoisotopic (exact) mass is 415 g/mol. The highest BCUT2D eigenvalue weighted by atomic mass is 16.2. The minimum Gasteiger partial charge on any atom is -0.325 e. The Balaban J connectivity index is 1.75. The molecule has 1 aromatic carbocycles. The van der Waals surface area contributed by atoms with Gasteiger partial charge >= 0.3 is 5.69 Å². The van der Waals surface area contributed by atoms with Gasteiger partial charge in [-0.15, -0.1) is 0 Å². The first-order chi connectivity index (χ1) is 14.9. The molecule has 0 bridgehead atoms. The molecule has 0 aliphatic heterocycles. The third kappa shape index (κ3) is 4.28. The molecule has 0 saturated heterocycles. The number of carbonyl (C=O) groups excluding carboxylic acids is 1. The van der Waals surface area contributed by atoms with Crippen LogP contribution in [0.4, 0.5) is 5.69 Å². The maximum absolute atomic E-state index is 13.2. The maximum atomic E-state index is 13.2. The average molecular weight is 415 g/mol. The quantitative estimate of drug-likeness (QED) is 0.539. The zero-order chi connectivity index (χ0) is 22.0. The molecule has 8 nitrogen and oxygen atoms in total.